The van der Waals surface area contributed by atoms with Crippen LogP contribution in [0, 0.1) is 5.92 Å². The van der Waals surface area contributed by atoms with Crippen LogP contribution in [0.15, 0.2) is 18.2 Å². The minimum absolute atomic E-state index is 0.537. The summed E-state index contributed by atoms with van der Waals surface area (Å²) < 4.78 is 5.36. The number of hydrogen-bond donors (Lipinski definition) is 1. The van der Waals surface area contributed by atoms with Gasteiger partial charge in [0.1, 0.15) is 5.75 Å². The summed E-state index contributed by atoms with van der Waals surface area (Å²) in [5, 5.41) is 4.04. The smallest absolute Gasteiger partial charge is 0.122 e. The van der Waals surface area contributed by atoms with E-state index in [1.807, 2.05) is 25.2 Å². The molecule has 1 N–H and O–H groups in total. The average molecular weight is 256 g/mol. The van der Waals surface area contributed by atoms with Gasteiger partial charge >= 0.3 is 0 Å². The number of ether oxygens (including phenoxy) is 1. The Balaban J connectivity index is 2.69. The number of benzene rings is 1. The molecule has 1 aromatic rings. The molecule has 2 atom stereocenters. The molecule has 96 valence electrons. The summed E-state index contributed by atoms with van der Waals surface area (Å²) in [6, 6.07) is 6.34. The lowest BCUT2D eigenvalue weighted by Crippen LogP contribution is -2.24. The van der Waals surface area contributed by atoms with Gasteiger partial charge in [-0.2, -0.15) is 0 Å². The molecule has 2 unspecified atom stereocenters. The highest BCUT2D eigenvalue weighted by Crippen LogP contribution is 2.26. The monoisotopic (exact) mass is 255 g/mol. The van der Waals surface area contributed by atoms with E-state index in [0.29, 0.717) is 12.0 Å². The first-order chi connectivity index (χ1) is 8.06. The molecule has 0 heterocycles. The van der Waals surface area contributed by atoms with Crippen molar-refractivity contribution >= 4 is 11.6 Å². The Hall–Kier alpha value is -0.730. The van der Waals surface area contributed by atoms with Crippen LogP contribution in [0.4, 0.5) is 0 Å². The van der Waals surface area contributed by atoms with Gasteiger partial charge in [0.25, 0.3) is 0 Å². The Morgan fingerprint density at radius 3 is 2.65 bits per heavy atom. The largest absolute Gasteiger partial charge is 0.496 e. The molecule has 0 saturated carbocycles. The van der Waals surface area contributed by atoms with Gasteiger partial charge in [0.05, 0.1) is 7.11 Å². The summed E-state index contributed by atoms with van der Waals surface area (Å²) in [6.45, 7) is 4.46. The molecule has 2 nitrogen and oxygen atoms in total. The van der Waals surface area contributed by atoms with Crippen molar-refractivity contribution in [3.63, 3.8) is 0 Å². The van der Waals surface area contributed by atoms with E-state index in [1.165, 1.54) is 5.56 Å². The molecule has 0 amide bonds. The van der Waals surface area contributed by atoms with Crippen LogP contribution in [0.25, 0.3) is 0 Å². The van der Waals surface area contributed by atoms with Crippen molar-refractivity contribution < 1.29 is 4.74 Å². The molecule has 0 fully saturated rings. The maximum Gasteiger partial charge on any atom is 0.122 e. The first kappa shape index (κ1) is 14.3. The zero-order chi connectivity index (χ0) is 12.8. The lowest BCUT2D eigenvalue weighted by atomic mass is 9.94. The van der Waals surface area contributed by atoms with Crippen LogP contribution < -0.4 is 10.1 Å². The SMILES string of the molecule is CNC(C)CC(C)Cc1cc(Cl)ccc1OC. The zero-order valence-corrected chi connectivity index (χ0v) is 11.8. The fraction of sp³-hybridized carbons (Fsp3) is 0.571. The maximum absolute atomic E-state index is 6.02. The zero-order valence-electron chi connectivity index (χ0n) is 11.1. The molecule has 0 aliphatic carbocycles. The fourth-order valence-electron chi connectivity index (χ4n) is 2.09. The summed E-state index contributed by atoms with van der Waals surface area (Å²) >= 11 is 6.02. The lowest BCUT2D eigenvalue weighted by molar-refractivity contribution is 0.397. The van der Waals surface area contributed by atoms with E-state index in [2.05, 4.69) is 19.2 Å². The Bertz CT molecular complexity index is 354. The number of halogens is 1. The molecule has 0 spiro atoms. The predicted molar refractivity (Wildman–Crippen MR) is 74.0 cm³/mol. The fourth-order valence-corrected chi connectivity index (χ4v) is 2.28. The summed E-state index contributed by atoms with van der Waals surface area (Å²) in [4.78, 5) is 0. The molecular formula is C14H22ClNO. The Morgan fingerprint density at radius 2 is 2.06 bits per heavy atom. The Labute approximate surface area is 109 Å². The van der Waals surface area contributed by atoms with Crippen molar-refractivity contribution in [2.75, 3.05) is 14.2 Å². The van der Waals surface area contributed by atoms with Crippen molar-refractivity contribution in [3.8, 4) is 5.75 Å². The van der Waals surface area contributed by atoms with E-state index in [9.17, 15) is 0 Å². The van der Waals surface area contributed by atoms with E-state index in [4.69, 9.17) is 16.3 Å². The first-order valence-corrected chi connectivity index (χ1v) is 6.44. The Kier molecular flexibility index (Phi) is 5.79. The molecule has 0 aliphatic rings. The normalized spacial score (nSPS) is 14.4. The highest BCUT2D eigenvalue weighted by Gasteiger charge is 2.11. The van der Waals surface area contributed by atoms with Crippen molar-refractivity contribution in [2.24, 2.45) is 5.92 Å². The number of hydrogen-bond acceptors (Lipinski definition) is 2. The summed E-state index contributed by atoms with van der Waals surface area (Å²) in [6.07, 6.45) is 2.14. The van der Waals surface area contributed by atoms with Crippen molar-refractivity contribution in [1.82, 2.24) is 5.32 Å². The van der Waals surface area contributed by atoms with Crippen molar-refractivity contribution in [2.45, 2.75) is 32.7 Å². The summed E-state index contributed by atoms with van der Waals surface area (Å²) in [7, 11) is 3.70. The van der Waals surface area contributed by atoms with Gasteiger partial charge in [0, 0.05) is 11.1 Å². The van der Waals surface area contributed by atoms with Crippen molar-refractivity contribution in [1.29, 1.82) is 0 Å². The standard InChI is InChI=1S/C14H22ClNO/c1-10(7-11(2)16-3)8-12-9-13(15)5-6-14(12)17-4/h5-6,9-11,16H,7-8H2,1-4H3. The second kappa shape index (κ2) is 6.87. The second-order valence-electron chi connectivity index (χ2n) is 4.69. The average Bonchev–Trinajstić information content (AvgIpc) is 2.29. The van der Waals surface area contributed by atoms with E-state index in [-0.39, 0.29) is 0 Å². The molecular weight excluding hydrogens is 234 g/mol. The third-order valence-corrected chi connectivity index (χ3v) is 3.29. The van der Waals surface area contributed by atoms with Crippen molar-refractivity contribution in [3.05, 3.63) is 28.8 Å². The lowest BCUT2D eigenvalue weighted by Gasteiger charge is -2.18. The molecule has 0 saturated heterocycles. The van der Waals surface area contributed by atoms with Gasteiger partial charge in [0.2, 0.25) is 0 Å². The van der Waals surface area contributed by atoms with Crippen LogP contribution in [-0.4, -0.2) is 20.2 Å². The summed E-state index contributed by atoms with van der Waals surface area (Å²) in [5.41, 5.74) is 1.19. The highest BCUT2D eigenvalue weighted by atomic mass is 35.5. The number of methoxy groups -OCH3 is 1. The van der Waals surface area contributed by atoms with Gasteiger partial charge in [-0.15, -0.1) is 0 Å². The molecule has 1 rings (SSSR count). The molecule has 17 heavy (non-hydrogen) atoms. The molecule has 0 radical (unpaired) electrons. The van der Waals surface area contributed by atoms with Crippen LogP contribution in [0.3, 0.4) is 0 Å². The predicted octanol–water partition coefficient (Wildman–Crippen LogP) is 3.53. The third-order valence-electron chi connectivity index (χ3n) is 3.06. The molecule has 1 aromatic carbocycles. The molecule has 0 aliphatic heterocycles. The number of nitrogens with one attached hydrogen (secondary N) is 1. The van der Waals surface area contributed by atoms with Crippen LogP contribution in [0.5, 0.6) is 5.75 Å². The van der Waals surface area contributed by atoms with Gasteiger partial charge in [-0.25, -0.2) is 0 Å². The quantitative estimate of drug-likeness (QED) is 0.840. The van der Waals surface area contributed by atoms with E-state index >= 15 is 0 Å². The van der Waals surface area contributed by atoms with E-state index < -0.39 is 0 Å². The Morgan fingerprint density at radius 1 is 1.35 bits per heavy atom. The second-order valence-corrected chi connectivity index (χ2v) is 5.13. The van der Waals surface area contributed by atoms with Gasteiger partial charge in [-0.05, 0) is 56.5 Å². The van der Waals surface area contributed by atoms with Gasteiger partial charge in [-0.3, -0.25) is 0 Å². The minimum Gasteiger partial charge on any atom is -0.496 e. The molecule has 3 heteroatoms. The van der Waals surface area contributed by atoms with Gasteiger partial charge in [0.15, 0.2) is 0 Å². The third kappa shape index (κ3) is 4.57. The van der Waals surface area contributed by atoms with E-state index in [1.54, 1.807) is 7.11 Å². The van der Waals surface area contributed by atoms with Crippen LogP contribution in [0.2, 0.25) is 5.02 Å². The number of rotatable bonds is 6. The molecule has 0 aromatic heterocycles. The van der Waals surface area contributed by atoms with Crippen LogP contribution in [0.1, 0.15) is 25.8 Å². The first-order valence-electron chi connectivity index (χ1n) is 6.06. The van der Waals surface area contributed by atoms with Gasteiger partial charge < -0.3 is 10.1 Å². The summed E-state index contributed by atoms with van der Waals surface area (Å²) in [5.74, 6) is 1.53. The van der Waals surface area contributed by atoms with Gasteiger partial charge in [-0.1, -0.05) is 18.5 Å². The highest BCUT2D eigenvalue weighted by molar-refractivity contribution is 6.30. The topological polar surface area (TPSA) is 21.3 Å². The molecule has 0 bridgehead atoms. The minimum atomic E-state index is 0.537. The van der Waals surface area contributed by atoms with Crippen LogP contribution >= 0.6 is 11.6 Å². The van der Waals surface area contributed by atoms with Crippen LogP contribution in [-0.2, 0) is 6.42 Å². The van der Waals surface area contributed by atoms with E-state index in [0.717, 1.165) is 23.6 Å². The maximum atomic E-state index is 6.02.